The summed E-state index contributed by atoms with van der Waals surface area (Å²) in [4.78, 5) is 3.85. The topological polar surface area (TPSA) is 68.4 Å². The highest BCUT2D eigenvalue weighted by molar-refractivity contribution is 5.27. The van der Waals surface area contributed by atoms with Crippen LogP contribution in [0.25, 0.3) is 0 Å². The Bertz CT molecular complexity index is 437. The second-order valence-corrected chi connectivity index (χ2v) is 3.83. The molecular weight excluding hydrogens is 220 g/mol. The third-order valence-electron chi connectivity index (χ3n) is 2.23. The smallest absolute Gasteiger partial charge is 0.213 e. The molecule has 1 unspecified atom stereocenters. The second-order valence-electron chi connectivity index (χ2n) is 3.83. The van der Waals surface area contributed by atoms with Gasteiger partial charge in [-0.1, -0.05) is 17.3 Å². The minimum Gasteiger partial charge on any atom is -0.485 e. The SMILES string of the molecule is CC(O)Cc1ccc(OCc2ncon2)cc1. The Hall–Kier alpha value is -1.88. The van der Waals surface area contributed by atoms with Crippen molar-refractivity contribution in [3.63, 3.8) is 0 Å². The molecule has 0 spiro atoms. The summed E-state index contributed by atoms with van der Waals surface area (Å²) < 4.78 is 10.1. The minimum atomic E-state index is -0.332. The Morgan fingerprint density at radius 3 is 2.71 bits per heavy atom. The van der Waals surface area contributed by atoms with Crippen molar-refractivity contribution < 1.29 is 14.4 Å². The van der Waals surface area contributed by atoms with Crippen LogP contribution in [0.2, 0.25) is 0 Å². The minimum absolute atomic E-state index is 0.284. The van der Waals surface area contributed by atoms with E-state index in [1.54, 1.807) is 6.92 Å². The number of ether oxygens (including phenoxy) is 1. The van der Waals surface area contributed by atoms with Crippen molar-refractivity contribution in [3.05, 3.63) is 42.0 Å². The molecule has 0 amide bonds. The summed E-state index contributed by atoms with van der Waals surface area (Å²) in [7, 11) is 0. The summed E-state index contributed by atoms with van der Waals surface area (Å²) in [6.45, 7) is 2.05. The van der Waals surface area contributed by atoms with E-state index in [2.05, 4.69) is 14.7 Å². The predicted molar refractivity (Wildman–Crippen MR) is 60.5 cm³/mol. The van der Waals surface area contributed by atoms with E-state index in [-0.39, 0.29) is 12.7 Å². The fourth-order valence-corrected chi connectivity index (χ4v) is 1.47. The van der Waals surface area contributed by atoms with Gasteiger partial charge in [0.05, 0.1) is 6.10 Å². The quantitative estimate of drug-likeness (QED) is 0.850. The zero-order valence-electron chi connectivity index (χ0n) is 9.54. The second kappa shape index (κ2) is 5.45. The van der Waals surface area contributed by atoms with Crippen LogP contribution in [-0.2, 0) is 13.0 Å². The van der Waals surface area contributed by atoms with Gasteiger partial charge in [0, 0.05) is 0 Å². The molecule has 1 N–H and O–H groups in total. The fourth-order valence-electron chi connectivity index (χ4n) is 1.47. The number of aliphatic hydroxyl groups is 1. The largest absolute Gasteiger partial charge is 0.485 e. The lowest BCUT2D eigenvalue weighted by Crippen LogP contribution is -2.04. The Labute approximate surface area is 99.0 Å². The molecule has 0 aliphatic heterocycles. The average Bonchev–Trinajstić information content (AvgIpc) is 2.80. The van der Waals surface area contributed by atoms with Crippen molar-refractivity contribution in [2.45, 2.75) is 26.1 Å². The lowest BCUT2D eigenvalue weighted by Gasteiger charge is -2.06. The van der Waals surface area contributed by atoms with Crippen LogP contribution in [0.1, 0.15) is 18.3 Å². The maximum Gasteiger partial charge on any atom is 0.213 e. The van der Waals surface area contributed by atoms with Crippen molar-refractivity contribution in [2.75, 3.05) is 0 Å². The molecular formula is C12H14N2O3. The standard InChI is InChI=1S/C12H14N2O3/c1-9(15)6-10-2-4-11(5-3-10)16-7-12-13-8-17-14-12/h2-5,8-9,15H,6-7H2,1H3. The van der Waals surface area contributed by atoms with Gasteiger partial charge in [-0.05, 0) is 31.0 Å². The molecule has 5 nitrogen and oxygen atoms in total. The monoisotopic (exact) mass is 234 g/mol. The van der Waals surface area contributed by atoms with Crippen molar-refractivity contribution in [1.29, 1.82) is 0 Å². The fraction of sp³-hybridized carbons (Fsp3) is 0.333. The van der Waals surface area contributed by atoms with Crippen molar-refractivity contribution in [3.8, 4) is 5.75 Å². The van der Waals surface area contributed by atoms with E-state index < -0.39 is 0 Å². The molecule has 0 aliphatic carbocycles. The van der Waals surface area contributed by atoms with E-state index in [4.69, 9.17) is 4.74 Å². The molecule has 1 aromatic heterocycles. The molecule has 0 bridgehead atoms. The van der Waals surface area contributed by atoms with Gasteiger partial charge in [0.15, 0.2) is 6.61 Å². The molecule has 1 atom stereocenters. The van der Waals surface area contributed by atoms with Crippen molar-refractivity contribution in [2.24, 2.45) is 0 Å². The van der Waals surface area contributed by atoms with Gasteiger partial charge in [-0.3, -0.25) is 0 Å². The van der Waals surface area contributed by atoms with Gasteiger partial charge >= 0.3 is 0 Å². The van der Waals surface area contributed by atoms with Gasteiger partial charge in [-0.2, -0.15) is 4.98 Å². The number of rotatable bonds is 5. The lowest BCUT2D eigenvalue weighted by molar-refractivity contribution is 0.195. The maximum atomic E-state index is 9.25. The summed E-state index contributed by atoms with van der Waals surface area (Å²) in [5, 5.41) is 12.9. The van der Waals surface area contributed by atoms with Gasteiger partial charge in [-0.15, -0.1) is 0 Å². The predicted octanol–water partition coefficient (Wildman–Crippen LogP) is 1.57. The summed E-state index contributed by atoms with van der Waals surface area (Å²) in [5.74, 6) is 1.25. The van der Waals surface area contributed by atoms with Gasteiger partial charge < -0.3 is 14.4 Å². The molecule has 1 heterocycles. The van der Waals surface area contributed by atoms with Crippen LogP contribution >= 0.6 is 0 Å². The average molecular weight is 234 g/mol. The van der Waals surface area contributed by atoms with Crippen LogP contribution in [0, 0.1) is 0 Å². The third kappa shape index (κ3) is 3.57. The summed E-state index contributed by atoms with van der Waals surface area (Å²) in [5.41, 5.74) is 1.08. The Morgan fingerprint density at radius 2 is 2.12 bits per heavy atom. The molecule has 0 saturated heterocycles. The van der Waals surface area contributed by atoms with E-state index in [0.29, 0.717) is 12.2 Å². The van der Waals surface area contributed by atoms with Crippen molar-refractivity contribution in [1.82, 2.24) is 10.1 Å². The van der Waals surface area contributed by atoms with Crippen LogP contribution < -0.4 is 4.74 Å². The zero-order valence-corrected chi connectivity index (χ0v) is 9.54. The molecule has 0 fully saturated rings. The first kappa shape index (κ1) is 11.6. The number of hydrogen-bond acceptors (Lipinski definition) is 5. The maximum absolute atomic E-state index is 9.25. The highest BCUT2D eigenvalue weighted by Crippen LogP contribution is 2.14. The van der Waals surface area contributed by atoms with Gasteiger partial charge in [0.25, 0.3) is 0 Å². The number of hydrogen-bond donors (Lipinski definition) is 1. The first-order valence-corrected chi connectivity index (χ1v) is 5.39. The van der Waals surface area contributed by atoms with Crippen molar-refractivity contribution >= 4 is 0 Å². The summed E-state index contributed by atoms with van der Waals surface area (Å²) in [6.07, 6.45) is 1.58. The number of aliphatic hydroxyl groups excluding tert-OH is 1. The number of aromatic nitrogens is 2. The first-order valence-electron chi connectivity index (χ1n) is 5.39. The molecule has 1 aromatic carbocycles. The highest BCUT2D eigenvalue weighted by Gasteiger charge is 2.02. The van der Waals surface area contributed by atoms with E-state index in [1.807, 2.05) is 24.3 Å². The van der Waals surface area contributed by atoms with Gasteiger partial charge in [0.2, 0.25) is 12.2 Å². The lowest BCUT2D eigenvalue weighted by atomic mass is 10.1. The zero-order chi connectivity index (χ0) is 12.1. The molecule has 0 aliphatic rings. The highest BCUT2D eigenvalue weighted by atomic mass is 16.5. The van der Waals surface area contributed by atoms with E-state index in [9.17, 15) is 5.11 Å². The van der Waals surface area contributed by atoms with Crippen LogP contribution in [0.15, 0.2) is 35.2 Å². The van der Waals surface area contributed by atoms with Crippen LogP contribution in [0.5, 0.6) is 5.75 Å². The van der Waals surface area contributed by atoms with Gasteiger partial charge in [0.1, 0.15) is 5.75 Å². The molecule has 90 valence electrons. The molecule has 2 rings (SSSR count). The number of nitrogens with zero attached hydrogens (tertiary/aromatic N) is 2. The van der Waals surface area contributed by atoms with Gasteiger partial charge in [-0.25, -0.2) is 0 Å². The molecule has 0 radical (unpaired) electrons. The van der Waals surface area contributed by atoms with E-state index >= 15 is 0 Å². The van der Waals surface area contributed by atoms with Crippen LogP contribution in [0.3, 0.4) is 0 Å². The van der Waals surface area contributed by atoms with Crippen LogP contribution in [0.4, 0.5) is 0 Å². The Morgan fingerprint density at radius 1 is 1.35 bits per heavy atom. The summed E-state index contributed by atoms with van der Waals surface area (Å²) >= 11 is 0. The van der Waals surface area contributed by atoms with Crippen LogP contribution in [-0.4, -0.2) is 21.4 Å². The third-order valence-corrected chi connectivity index (χ3v) is 2.23. The van der Waals surface area contributed by atoms with E-state index in [1.165, 1.54) is 6.39 Å². The molecule has 2 aromatic rings. The summed E-state index contributed by atoms with van der Waals surface area (Å²) in [6, 6.07) is 7.58. The Kier molecular flexibility index (Phi) is 3.72. The normalized spacial score (nSPS) is 12.4. The molecule has 17 heavy (non-hydrogen) atoms. The first-order chi connectivity index (χ1) is 8.24. The Balaban J connectivity index is 1.89. The molecule has 5 heteroatoms. The number of benzene rings is 1. The molecule has 0 saturated carbocycles. The van der Waals surface area contributed by atoms with E-state index in [0.717, 1.165) is 11.3 Å².